The van der Waals surface area contributed by atoms with Crippen molar-refractivity contribution in [2.45, 2.75) is 39.0 Å². The Morgan fingerprint density at radius 3 is 2.16 bits per heavy atom. The topological polar surface area (TPSA) is 69.7 Å². The van der Waals surface area contributed by atoms with Crippen LogP contribution in [0.25, 0.3) is 22.0 Å². The minimum atomic E-state index is -0.694. The van der Waals surface area contributed by atoms with Gasteiger partial charge in [0.1, 0.15) is 36.6 Å². The van der Waals surface area contributed by atoms with E-state index in [1.165, 1.54) is 12.1 Å². The summed E-state index contributed by atoms with van der Waals surface area (Å²) in [7, 11) is 1.65. The standard InChI is InChI=1S/C36H35FN2O4/c1-24(21-41-3)33-34(28-14-16-29(37)17-15-28)31-19-18-30(42-22-26-10-6-4-7-11-26)20-32(31)39-35(33)38-25(2)36(40)43-23-27-12-8-5-9-13-27/h4-20,24-25H,21-23H2,1-3H3,(H,38,39)/t24?,25-/m0/s1. The maximum atomic E-state index is 14.0. The van der Waals surface area contributed by atoms with E-state index in [4.69, 9.17) is 19.2 Å². The van der Waals surface area contributed by atoms with Crippen LogP contribution in [-0.4, -0.2) is 30.7 Å². The highest BCUT2D eigenvalue weighted by atomic mass is 19.1. The maximum absolute atomic E-state index is 14.0. The molecular weight excluding hydrogens is 543 g/mol. The fraction of sp³-hybridized carbons (Fsp3) is 0.222. The van der Waals surface area contributed by atoms with E-state index in [-0.39, 0.29) is 18.3 Å². The van der Waals surface area contributed by atoms with Gasteiger partial charge in [-0.2, -0.15) is 0 Å². The van der Waals surface area contributed by atoms with Crippen molar-refractivity contribution in [1.82, 2.24) is 4.98 Å². The molecule has 1 unspecified atom stereocenters. The smallest absolute Gasteiger partial charge is 0.328 e. The average molecular weight is 579 g/mol. The summed E-state index contributed by atoms with van der Waals surface area (Å²) in [4.78, 5) is 18.1. The Morgan fingerprint density at radius 2 is 1.51 bits per heavy atom. The minimum absolute atomic E-state index is 0.106. The molecule has 0 amide bonds. The fourth-order valence-electron chi connectivity index (χ4n) is 5.06. The zero-order chi connectivity index (χ0) is 30.2. The highest BCUT2D eigenvalue weighted by Gasteiger charge is 2.25. The molecule has 0 saturated carbocycles. The summed E-state index contributed by atoms with van der Waals surface area (Å²) in [6.07, 6.45) is 0. The SMILES string of the molecule is COCC(C)c1c(N[C@@H](C)C(=O)OCc2ccccc2)nc2cc(OCc3ccccc3)ccc2c1-c1ccc(F)cc1. The van der Waals surface area contributed by atoms with Crippen LogP contribution >= 0.6 is 0 Å². The third-order valence-electron chi connectivity index (χ3n) is 7.22. The van der Waals surface area contributed by atoms with Crippen LogP contribution in [0.4, 0.5) is 10.2 Å². The number of ether oxygens (including phenoxy) is 3. The molecule has 1 aromatic heterocycles. The Hall–Kier alpha value is -4.75. The number of rotatable bonds is 12. The van der Waals surface area contributed by atoms with E-state index in [0.717, 1.165) is 33.2 Å². The third kappa shape index (κ3) is 7.37. The Balaban J connectivity index is 1.55. The van der Waals surface area contributed by atoms with E-state index < -0.39 is 12.0 Å². The molecule has 0 aliphatic carbocycles. The number of hydrogen-bond donors (Lipinski definition) is 1. The summed E-state index contributed by atoms with van der Waals surface area (Å²) in [5, 5.41) is 4.20. The zero-order valence-corrected chi connectivity index (χ0v) is 24.5. The number of carbonyl (C=O) groups is 1. The molecule has 7 heteroatoms. The van der Waals surface area contributed by atoms with E-state index in [9.17, 15) is 9.18 Å². The molecule has 1 heterocycles. The number of carbonyl (C=O) groups excluding carboxylic acids is 1. The molecule has 0 aliphatic rings. The lowest BCUT2D eigenvalue weighted by Gasteiger charge is -2.24. The van der Waals surface area contributed by atoms with Crippen molar-refractivity contribution in [3.63, 3.8) is 0 Å². The van der Waals surface area contributed by atoms with Crippen LogP contribution in [0.3, 0.4) is 0 Å². The van der Waals surface area contributed by atoms with Crippen molar-refractivity contribution >= 4 is 22.7 Å². The number of halogens is 1. The summed E-state index contributed by atoms with van der Waals surface area (Å²) in [6.45, 7) is 4.80. The van der Waals surface area contributed by atoms with Gasteiger partial charge in [-0.25, -0.2) is 14.2 Å². The predicted octanol–water partition coefficient (Wildman–Crippen LogP) is 7.91. The number of fused-ring (bicyclic) bond motifs is 1. The lowest BCUT2D eigenvalue weighted by atomic mass is 9.89. The molecule has 1 N–H and O–H groups in total. The van der Waals surface area contributed by atoms with Gasteiger partial charge in [-0.3, -0.25) is 0 Å². The molecule has 5 aromatic rings. The van der Waals surface area contributed by atoms with Gasteiger partial charge in [0.25, 0.3) is 0 Å². The molecule has 2 atom stereocenters. The van der Waals surface area contributed by atoms with E-state index in [2.05, 4.69) is 5.32 Å². The van der Waals surface area contributed by atoms with Gasteiger partial charge in [0.2, 0.25) is 0 Å². The normalized spacial score (nSPS) is 12.5. The van der Waals surface area contributed by atoms with Crippen LogP contribution in [0.2, 0.25) is 0 Å². The summed E-state index contributed by atoms with van der Waals surface area (Å²) >= 11 is 0. The van der Waals surface area contributed by atoms with Crippen molar-refractivity contribution in [3.8, 4) is 16.9 Å². The van der Waals surface area contributed by atoms with Crippen LogP contribution in [0.5, 0.6) is 5.75 Å². The Morgan fingerprint density at radius 1 is 0.860 bits per heavy atom. The van der Waals surface area contributed by atoms with Gasteiger partial charge in [-0.1, -0.05) is 79.7 Å². The maximum Gasteiger partial charge on any atom is 0.328 e. The van der Waals surface area contributed by atoms with Crippen molar-refractivity contribution in [2.75, 3.05) is 19.0 Å². The number of benzene rings is 4. The second-order valence-corrected chi connectivity index (χ2v) is 10.5. The number of pyridine rings is 1. The molecule has 0 spiro atoms. The number of aromatic nitrogens is 1. The Kier molecular flexibility index (Phi) is 9.64. The molecule has 5 rings (SSSR count). The van der Waals surface area contributed by atoms with Crippen LogP contribution in [0.1, 0.15) is 36.5 Å². The molecule has 0 fully saturated rings. The average Bonchev–Trinajstić information content (AvgIpc) is 3.03. The minimum Gasteiger partial charge on any atom is -0.489 e. The molecule has 4 aromatic carbocycles. The van der Waals surface area contributed by atoms with Gasteiger partial charge in [0.15, 0.2) is 0 Å². The monoisotopic (exact) mass is 578 g/mol. The highest BCUT2D eigenvalue weighted by Crippen LogP contribution is 2.41. The van der Waals surface area contributed by atoms with Crippen LogP contribution in [0, 0.1) is 5.82 Å². The molecule has 0 aliphatic heterocycles. The first-order valence-electron chi connectivity index (χ1n) is 14.3. The molecule has 0 radical (unpaired) electrons. The van der Waals surface area contributed by atoms with Crippen LogP contribution < -0.4 is 10.1 Å². The van der Waals surface area contributed by atoms with Crippen molar-refractivity contribution in [2.24, 2.45) is 0 Å². The number of nitrogens with zero attached hydrogens (tertiary/aromatic N) is 1. The lowest BCUT2D eigenvalue weighted by molar-refractivity contribution is -0.145. The summed E-state index contributed by atoms with van der Waals surface area (Å²) < 4.78 is 31.2. The van der Waals surface area contributed by atoms with Crippen molar-refractivity contribution in [3.05, 3.63) is 126 Å². The second-order valence-electron chi connectivity index (χ2n) is 10.5. The predicted molar refractivity (Wildman–Crippen MR) is 168 cm³/mol. The molecule has 220 valence electrons. The Bertz CT molecular complexity index is 1660. The lowest BCUT2D eigenvalue weighted by Crippen LogP contribution is -2.29. The summed E-state index contributed by atoms with van der Waals surface area (Å²) in [5.41, 5.74) is 5.20. The van der Waals surface area contributed by atoms with E-state index in [0.29, 0.717) is 30.3 Å². The summed E-state index contributed by atoms with van der Waals surface area (Å²) in [5.74, 6) is 0.359. The van der Waals surface area contributed by atoms with E-state index in [1.807, 2.05) is 85.8 Å². The zero-order valence-electron chi connectivity index (χ0n) is 24.5. The molecule has 6 nitrogen and oxygen atoms in total. The molecule has 0 bridgehead atoms. The number of nitrogens with one attached hydrogen (secondary N) is 1. The molecular formula is C36H35FN2O4. The largest absolute Gasteiger partial charge is 0.489 e. The first-order valence-corrected chi connectivity index (χ1v) is 14.3. The molecule has 43 heavy (non-hydrogen) atoms. The first-order chi connectivity index (χ1) is 20.9. The summed E-state index contributed by atoms with van der Waals surface area (Å²) in [6, 6.07) is 31.0. The van der Waals surface area contributed by atoms with Crippen molar-refractivity contribution in [1.29, 1.82) is 0 Å². The first kappa shape index (κ1) is 29.7. The molecule has 0 saturated heterocycles. The van der Waals surface area contributed by atoms with Crippen molar-refractivity contribution < 1.29 is 23.4 Å². The number of anilines is 1. The van der Waals surface area contributed by atoms with Gasteiger partial charge in [0.05, 0.1) is 12.1 Å². The second kappa shape index (κ2) is 13.9. The number of methoxy groups -OCH3 is 1. The Labute approximate surface area is 251 Å². The van der Waals surface area contributed by atoms with Gasteiger partial charge >= 0.3 is 5.97 Å². The van der Waals surface area contributed by atoms with Gasteiger partial charge in [0, 0.05) is 30.0 Å². The quantitative estimate of drug-likeness (QED) is 0.152. The van der Waals surface area contributed by atoms with Gasteiger partial charge in [-0.05, 0) is 53.4 Å². The van der Waals surface area contributed by atoms with Crippen LogP contribution in [-0.2, 0) is 27.5 Å². The highest BCUT2D eigenvalue weighted by molar-refractivity contribution is 5.99. The van der Waals surface area contributed by atoms with E-state index in [1.54, 1.807) is 26.2 Å². The van der Waals surface area contributed by atoms with E-state index >= 15 is 0 Å². The van der Waals surface area contributed by atoms with Gasteiger partial charge < -0.3 is 19.5 Å². The number of hydrogen-bond acceptors (Lipinski definition) is 6. The van der Waals surface area contributed by atoms with Gasteiger partial charge in [-0.15, -0.1) is 0 Å². The fourth-order valence-corrected chi connectivity index (χ4v) is 5.06. The number of esters is 1. The van der Waals surface area contributed by atoms with Crippen LogP contribution in [0.15, 0.2) is 103 Å². The third-order valence-corrected chi connectivity index (χ3v) is 7.22.